The lowest BCUT2D eigenvalue weighted by molar-refractivity contribution is -0.127. The zero-order valence-electron chi connectivity index (χ0n) is 8.82. The number of nitrogens with zero attached hydrogens (tertiary/aromatic N) is 1. The van der Waals surface area contributed by atoms with Gasteiger partial charge in [-0.1, -0.05) is 40.5 Å². The van der Waals surface area contributed by atoms with Gasteiger partial charge in [0.05, 0.1) is 6.21 Å². The fourth-order valence-corrected chi connectivity index (χ4v) is 1.89. The van der Waals surface area contributed by atoms with Gasteiger partial charge in [-0.15, -0.1) is 0 Å². The number of carbonyl (C=O) groups excluding carboxylic acids is 1. The maximum absolute atomic E-state index is 11.5. The van der Waals surface area contributed by atoms with Crippen LogP contribution in [-0.2, 0) is 4.79 Å². The van der Waals surface area contributed by atoms with Gasteiger partial charge in [0.1, 0.15) is 0 Å². The Morgan fingerprint density at radius 2 is 2.19 bits per heavy atom. The largest absolute Gasteiger partial charge is 0.273 e. The molecule has 0 radical (unpaired) electrons. The van der Waals surface area contributed by atoms with E-state index in [1.54, 1.807) is 6.21 Å². The molecule has 1 aromatic rings. The first-order valence-corrected chi connectivity index (χ1v) is 6.14. The molecule has 84 valence electrons. The number of hydrogen-bond donors (Lipinski definition) is 1. The molecule has 4 heteroatoms. The normalized spacial score (nSPS) is 16.1. The number of rotatable bonds is 3. The van der Waals surface area contributed by atoms with Gasteiger partial charge in [0.15, 0.2) is 0 Å². The summed E-state index contributed by atoms with van der Waals surface area (Å²) in [4.78, 5) is 11.5. The van der Waals surface area contributed by atoms with E-state index in [0.29, 0.717) is 0 Å². The summed E-state index contributed by atoms with van der Waals surface area (Å²) >= 11 is 3.41. The van der Waals surface area contributed by atoms with Gasteiger partial charge in [-0.3, -0.25) is 4.79 Å². The molecule has 0 bridgehead atoms. The van der Waals surface area contributed by atoms with Crippen molar-refractivity contribution in [3.8, 4) is 0 Å². The molecule has 3 nitrogen and oxygen atoms in total. The second kappa shape index (κ2) is 5.25. The minimum Gasteiger partial charge on any atom is -0.273 e. The number of nitrogens with one attached hydrogen (secondary N) is 1. The Labute approximate surface area is 103 Å². The number of benzene rings is 1. The predicted octanol–water partition coefficient (Wildman–Crippen LogP) is 2.70. The Morgan fingerprint density at radius 1 is 1.44 bits per heavy atom. The van der Waals surface area contributed by atoms with Crippen molar-refractivity contribution in [1.82, 2.24) is 5.43 Å². The highest BCUT2D eigenvalue weighted by atomic mass is 79.9. The molecule has 0 aromatic heterocycles. The standard InChI is InChI=1S/C12H13BrN2O/c13-11-7-2-1-4-10(11)8-14-15-12(16)9-5-3-6-9/h1-2,4,7-9H,3,5-6H2,(H,15,16). The Bertz CT molecular complexity index is 413. The van der Waals surface area contributed by atoms with Crippen molar-refractivity contribution in [3.63, 3.8) is 0 Å². The number of hydrogen-bond acceptors (Lipinski definition) is 2. The van der Waals surface area contributed by atoms with Crippen molar-refractivity contribution in [3.05, 3.63) is 34.3 Å². The molecule has 2 rings (SSSR count). The topological polar surface area (TPSA) is 41.5 Å². The molecular formula is C12H13BrN2O. The minimum absolute atomic E-state index is 0.0366. The fourth-order valence-electron chi connectivity index (χ4n) is 1.51. The third kappa shape index (κ3) is 2.70. The maximum atomic E-state index is 11.5. The van der Waals surface area contributed by atoms with Crippen molar-refractivity contribution in [2.75, 3.05) is 0 Å². The van der Waals surface area contributed by atoms with Gasteiger partial charge in [-0.2, -0.15) is 5.10 Å². The Hall–Kier alpha value is -1.16. The average Bonchev–Trinajstić information content (AvgIpc) is 2.18. The van der Waals surface area contributed by atoms with Crippen LogP contribution in [0.3, 0.4) is 0 Å². The first kappa shape index (κ1) is 11.3. The molecule has 1 aliphatic rings. The fraction of sp³-hybridized carbons (Fsp3) is 0.333. The van der Waals surface area contributed by atoms with E-state index in [2.05, 4.69) is 26.5 Å². The highest BCUT2D eigenvalue weighted by molar-refractivity contribution is 9.10. The summed E-state index contributed by atoms with van der Waals surface area (Å²) in [5.74, 6) is 0.214. The van der Waals surface area contributed by atoms with E-state index in [-0.39, 0.29) is 11.8 Å². The van der Waals surface area contributed by atoms with Crippen LogP contribution < -0.4 is 5.43 Å². The Morgan fingerprint density at radius 3 is 2.81 bits per heavy atom. The maximum Gasteiger partial charge on any atom is 0.243 e. The number of carbonyl (C=O) groups is 1. The first-order chi connectivity index (χ1) is 7.77. The Kier molecular flexibility index (Phi) is 3.72. The number of halogens is 1. The lowest BCUT2D eigenvalue weighted by Crippen LogP contribution is -2.31. The SMILES string of the molecule is O=C(NN=Cc1ccccc1Br)C1CCC1. The molecule has 16 heavy (non-hydrogen) atoms. The van der Waals surface area contributed by atoms with Crippen LogP contribution in [0.5, 0.6) is 0 Å². The van der Waals surface area contributed by atoms with Gasteiger partial charge in [-0.05, 0) is 18.9 Å². The molecule has 1 fully saturated rings. The number of hydrazone groups is 1. The quantitative estimate of drug-likeness (QED) is 0.671. The van der Waals surface area contributed by atoms with Crippen molar-refractivity contribution >= 4 is 28.1 Å². The van der Waals surface area contributed by atoms with Crippen molar-refractivity contribution < 1.29 is 4.79 Å². The van der Waals surface area contributed by atoms with Gasteiger partial charge in [0.25, 0.3) is 0 Å². The lowest BCUT2D eigenvalue weighted by atomic mass is 9.85. The van der Waals surface area contributed by atoms with E-state index in [9.17, 15) is 4.79 Å². The summed E-state index contributed by atoms with van der Waals surface area (Å²) in [6.45, 7) is 0. The van der Waals surface area contributed by atoms with Gasteiger partial charge in [0.2, 0.25) is 5.91 Å². The van der Waals surface area contributed by atoms with Crippen LogP contribution in [0.1, 0.15) is 24.8 Å². The highest BCUT2D eigenvalue weighted by Crippen LogP contribution is 2.26. The second-order valence-corrected chi connectivity index (χ2v) is 4.74. The molecule has 0 atom stereocenters. The minimum atomic E-state index is 0.0366. The zero-order chi connectivity index (χ0) is 11.4. The van der Waals surface area contributed by atoms with Crippen molar-refractivity contribution in [2.24, 2.45) is 11.0 Å². The molecule has 0 aliphatic heterocycles. The smallest absolute Gasteiger partial charge is 0.243 e. The molecule has 0 heterocycles. The molecule has 1 aromatic carbocycles. The third-order valence-corrected chi connectivity index (χ3v) is 3.48. The van der Waals surface area contributed by atoms with Crippen LogP contribution in [0.4, 0.5) is 0 Å². The molecule has 1 amide bonds. The molecule has 0 saturated heterocycles. The van der Waals surface area contributed by atoms with Crippen molar-refractivity contribution in [1.29, 1.82) is 0 Å². The highest BCUT2D eigenvalue weighted by Gasteiger charge is 2.24. The molecule has 1 aliphatic carbocycles. The third-order valence-electron chi connectivity index (χ3n) is 2.76. The summed E-state index contributed by atoms with van der Waals surface area (Å²) in [6.07, 6.45) is 4.81. The van der Waals surface area contributed by atoms with E-state index in [1.165, 1.54) is 0 Å². The monoisotopic (exact) mass is 280 g/mol. The van der Waals surface area contributed by atoms with Crippen LogP contribution in [0.25, 0.3) is 0 Å². The molecule has 0 unspecified atom stereocenters. The first-order valence-electron chi connectivity index (χ1n) is 5.35. The van der Waals surface area contributed by atoms with E-state index in [1.807, 2.05) is 24.3 Å². The van der Waals surface area contributed by atoms with Crippen LogP contribution >= 0.6 is 15.9 Å². The molecular weight excluding hydrogens is 268 g/mol. The van der Waals surface area contributed by atoms with Crippen LogP contribution in [0.2, 0.25) is 0 Å². The average molecular weight is 281 g/mol. The summed E-state index contributed by atoms with van der Waals surface area (Å²) < 4.78 is 0.969. The summed E-state index contributed by atoms with van der Waals surface area (Å²) in [6, 6.07) is 7.74. The van der Waals surface area contributed by atoms with Gasteiger partial charge >= 0.3 is 0 Å². The Balaban J connectivity index is 1.89. The van der Waals surface area contributed by atoms with Crippen LogP contribution in [0.15, 0.2) is 33.8 Å². The van der Waals surface area contributed by atoms with Gasteiger partial charge < -0.3 is 0 Å². The van der Waals surface area contributed by atoms with Gasteiger partial charge in [-0.25, -0.2) is 5.43 Å². The molecule has 1 N–H and O–H groups in total. The van der Waals surface area contributed by atoms with Crippen LogP contribution in [0, 0.1) is 5.92 Å². The summed E-state index contributed by atoms with van der Waals surface area (Å²) in [5.41, 5.74) is 3.52. The second-order valence-electron chi connectivity index (χ2n) is 3.88. The molecule has 1 saturated carbocycles. The summed E-state index contributed by atoms with van der Waals surface area (Å²) in [5, 5.41) is 3.95. The number of amides is 1. The molecule has 0 spiro atoms. The zero-order valence-corrected chi connectivity index (χ0v) is 10.4. The van der Waals surface area contributed by atoms with E-state index in [0.717, 1.165) is 29.3 Å². The summed E-state index contributed by atoms with van der Waals surface area (Å²) in [7, 11) is 0. The van der Waals surface area contributed by atoms with Crippen molar-refractivity contribution in [2.45, 2.75) is 19.3 Å². The van der Waals surface area contributed by atoms with Gasteiger partial charge in [0, 0.05) is 16.0 Å². The lowest BCUT2D eigenvalue weighted by Gasteiger charge is -2.22. The van der Waals surface area contributed by atoms with E-state index in [4.69, 9.17) is 0 Å². The predicted molar refractivity (Wildman–Crippen MR) is 67.2 cm³/mol. The van der Waals surface area contributed by atoms with E-state index >= 15 is 0 Å². The van der Waals surface area contributed by atoms with E-state index < -0.39 is 0 Å². The van der Waals surface area contributed by atoms with Crippen LogP contribution in [-0.4, -0.2) is 12.1 Å².